The van der Waals surface area contributed by atoms with Crippen molar-refractivity contribution >= 4 is 6.09 Å². The summed E-state index contributed by atoms with van der Waals surface area (Å²) in [7, 11) is 0. The molecule has 0 aromatic carbocycles. The summed E-state index contributed by atoms with van der Waals surface area (Å²) >= 11 is 0. The zero-order valence-corrected chi connectivity index (χ0v) is 6.62. The molecule has 0 fully saturated rings. The third-order valence-electron chi connectivity index (χ3n) is 1.93. The van der Waals surface area contributed by atoms with Gasteiger partial charge in [-0.15, -0.1) is 0 Å². The summed E-state index contributed by atoms with van der Waals surface area (Å²) in [6, 6.07) is 0. The average molecular weight is 155 g/mol. The van der Waals surface area contributed by atoms with Crippen molar-refractivity contribution in [2.45, 2.75) is 25.9 Å². The normalized spacial score (nSPS) is 29.9. The van der Waals surface area contributed by atoms with Crippen molar-refractivity contribution < 1.29 is 9.53 Å². The summed E-state index contributed by atoms with van der Waals surface area (Å²) in [4.78, 5) is 10.4. The van der Waals surface area contributed by atoms with Crippen LogP contribution >= 0.6 is 0 Å². The van der Waals surface area contributed by atoms with E-state index in [0.717, 1.165) is 12.8 Å². The van der Waals surface area contributed by atoms with Gasteiger partial charge in [-0.25, -0.2) is 4.79 Å². The zero-order valence-electron chi connectivity index (χ0n) is 6.62. The molecule has 2 unspecified atom stereocenters. The van der Waals surface area contributed by atoms with Crippen LogP contribution in [0.2, 0.25) is 0 Å². The quantitative estimate of drug-likeness (QED) is 0.582. The van der Waals surface area contributed by atoms with Crippen LogP contribution in [0.1, 0.15) is 19.8 Å². The molecule has 2 N–H and O–H groups in total. The van der Waals surface area contributed by atoms with Gasteiger partial charge in [0.1, 0.15) is 6.10 Å². The largest absolute Gasteiger partial charge is 0.442 e. The highest BCUT2D eigenvalue weighted by atomic mass is 16.6. The van der Waals surface area contributed by atoms with Crippen LogP contribution in [-0.4, -0.2) is 12.2 Å². The standard InChI is InChI=1S/C8H13NO2/c1-6-4-2-3-5-7(6)11-8(9)10/h3,5-7H,2,4H2,1H3,(H2,9,10). The van der Waals surface area contributed by atoms with E-state index in [1.54, 1.807) is 0 Å². The second kappa shape index (κ2) is 3.42. The van der Waals surface area contributed by atoms with Crippen molar-refractivity contribution in [3.8, 4) is 0 Å². The van der Waals surface area contributed by atoms with Crippen molar-refractivity contribution in [3.05, 3.63) is 12.2 Å². The third-order valence-corrected chi connectivity index (χ3v) is 1.93. The SMILES string of the molecule is CC1CCC=CC1OC(N)=O. The maximum absolute atomic E-state index is 10.4. The van der Waals surface area contributed by atoms with Gasteiger partial charge in [-0.1, -0.05) is 13.0 Å². The molecule has 0 spiro atoms. The van der Waals surface area contributed by atoms with Gasteiger partial charge in [0.15, 0.2) is 0 Å². The smallest absolute Gasteiger partial charge is 0.405 e. The van der Waals surface area contributed by atoms with Gasteiger partial charge in [0, 0.05) is 0 Å². The van der Waals surface area contributed by atoms with Crippen molar-refractivity contribution in [3.63, 3.8) is 0 Å². The van der Waals surface area contributed by atoms with Gasteiger partial charge in [-0.3, -0.25) is 0 Å². The van der Waals surface area contributed by atoms with Crippen LogP contribution in [0.4, 0.5) is 4.79 Å². The predicted octanol–water partition coefficient (Wildman–Crippen LogP) is 1.44. The molecule has 2 atom stereocenters. The maximum Gasteiger partial charge on any atom is 0.405 e. The molecule has 1 rings (SSSR count). The van der Waals surface area contributed by atoms with E-state index in [1.807, 2.05) is 12.2 Å². The highest BCUT2D eigenvalue weighted by Crippen LogP contribution is 2.20. The van der Waals surface area contributed by atoms with Gasteiger partial charge in [0.25, 0.3) is 0 Å². The van der Waals surface area contributed by atoms with Crippen LogP contribution in [0.5, 0.6) is 0 Å². The average Bonchev–Trinajstić information content (AvgIpc) is 1.93. The molecule has 62 valence electrons. The van der Waals surface area contributed by atoms with E-state index in [4.69, 9.17) is 10.5 Å². The number of rotatable bonds is 1. The Morgan fingerprint density at radius 3 is 3.00 bits per heavy atom. The fourth-order valence-electron chi connectivity index (χ4n) is 1.23. The highest BCUT2D eigenvalue weighted by Gasteiger charge is 2.19. The zero-order chi connectivity index (χ0) is 8.27. The lowest BCUT2D eigenvalue weighted by molar-refractivity contribution is 0.0958. The van der Waals surface area contributed by atoms with E-state index >= 15 is 0 Å². The topological polar surface area (TPSA) is 52.3 Å². The number of hydrogen-bond acceptors (Lipinski definition) is 2. The maximum atomic E-state index is 10.4. The van der Waals surface area contributed by atoms with Crippen molar-refractivity contribution in [2.75, 3.05) is 0 Å². The van der Waals surface area contributed by atoms with Gasteiger partial charge in [-0.05, 0) is 24.8 Å². The van der Waals surface area contributed by atoms with Gasteiger partial charge >= 0.3 is 6.09 Å². The highest BCUT2D eigenvalue weighted by molar-refractivity contribution is 5.65. The van der Waals surface area contributed by atoms with Crippen LogP contribution in [0.25, 0.3) is 0 Å². The minimum atomic E-state index is -0.687. The summed E-state index contributed by atoms with van der Waals surface area (Å²) < 4.78 is 4.86. The molecule has 0 aliphatic heterocycles. The number of carbonyl (C=O) groups is 1. The molecule has 0 bridgehead atoms. The number of hydrogen-bond donors (Lipinski definition) is 1. The first-order valence-corrected chi connectivity index (χ1v) is 3.83. The predicted molar refractivity (Wildman–Crippen MR) is 42.0 cm³/mol. The molecule has 3 heteroatoms. The van der Waals surface area contributed by atoms with Gasteiger partial charge in [-0.2, -0.15) is 0 Å². The Hall–Kier alpha value is -0.990. The molecular formula is C8H13NO2. The van der Waals surface area contributed by atoms with E-state index in [9.17, 15) is 4.79 Å². The van der Waals surface area contributed by atoms with Crippen molar-refractivity contribution in [1.29, 1.82) is 0 Å². The Morgan fingerprint density at radius 1 is 1.73 bits per heavy atom. The molecule has 0 aromatic heterocycles. The Balaban J connectivity index is 2.48. The van der Waals surface area contributed by atoms with Crippen LogP contribution in [0.3, 0.4) is 0 Å². The molecule has 3 nitrogen and oxygen atoms in total. The van der Waals surface area contributed by atoms with E-state index in [-0.39, 0.29) is 6.10 Å². The van der Waals surface area contributed by atoms with E-state index < -0.39 is 6.09 Å². The van der Waals surface area contributed by atoms with Crippen molar-refractivity contribution in [1.82, 2.24) is 0 Å². The number of nitrogens with two attached hydrogens (primary N) is 1. The molecule has 0 aromatic rings. The first kappa shape index (κ1) is 8.11. The fourth-order valence-corrected chi connectivity index (χ4v) is 1.23. The Kier molecular flexibility index (Phi) is 2.52. The molecule has 1 amide bonds. The van der Waals surface area contributed by atoms with Crippen LogP contribution < -0.4 is 5.73 Å². The lowest BCUT2D eigenvalue weighted by Gasteiger charge is -2.22. The molecule has 1 aliphatic carbocycles. The van der Waals surface area contributed by atoms with Gasteiger partial charge in [0.05, 0.1) is 0 Å². The monoisotopic (exact) mass is 155 g/mol. The summed E-state index contributed by atoms with van der Waals surface area (Å²) in [5.41, 5.74) is 4.89. The molecule has 0 heterocycles. The number of amides is 1. The van der Waals surface area contributed by atoms with E-state index in [0.29, 0.717) is 5.92 Å². The molecule has 0 saturated heterocycles. The van der Waals surface area contributed by atoms with Crippen LogP contribution in [-0.2, 0) is 4.74 Å². The summed E-state index contributed by atoms with van der Waals surface area (Å²) in [5, 5.41) is 0. The fraction of sp³-hybridized carbons (Fsp3) is 0.625. The Labute approximate surface area is 66.2 Å². The van der Waals surface area contributed by atoms with Crippen LogP contribution in [0, 0.1) is 5.92 Å². The molecule has 1 aliphatic rings. The number of primary amides is 1. The number of allylic oxidation sites excluding steroid dienone is 1. The minimum Gasteiger partial charge on any atom is -0.442 e. The molecular weight excluding hydrogens is 142 g/mol. The minimum absolute atomic E-state index is 0.110. The number of ether oxygens (including phenoxy) is 1. The summed E-state index contributed by atoms with van der Waals surface area (Å²) in [6.45, 7) is 2.05. The first-order valence-electron chi connectivity index (χ1n) is 3.83. The van der Waals surface area contributed by atoms with E-state index in [1.165, 1.54) is 0 Å². The van der Waals surface area contributed by atoms with Gasteiger partial charge < -0.3 is 10.5 Å². The lowest BCUT2D eigenvalue weighted by Crippen LogP contribution is -2.28. The van der Waals surface area contributed by atoms with Crippen molar-refractivity contribution in [2.24, 2.45) is 11.7 Å². The second-order valence-electron chi connectivity index (χ2n) is 2.88. The second-order valence-corrected chi connectivity index (χ2v) is 2.88. The summed E-state index contributed by atoms with van der Waals surface area (Å²) in [5.74, 6) is 0.396. The summed E-state index contributed by atoms with van der Waals surface area (Å²) in [6.07, 6.45) is 5.26. The van der Waals surface area contributed by atoms with E-state index in [2.05, 4.69) is 6.92 Å². The lowest BCUT2D eigenvalue weighted by atomic mass is 9.94. The molecule has 0 saturated carbocycles. The van der Waals surface area contributed by atoms with Gasteiger partial charge in [0.2, 0.25) is 0 Å². The van der Waals surface area contributed by atoms with Crippen LogP contribution in [0.15, 0.2) is 12.2 Å². The first-order chi connectivity index (χ1) is 5.20. The molecule has 0 radical (unpaired) electrons. The Morgan fingerprint density at radius 2 is 2.45 bits per heavy atom. The number of carbonyl (C=O) groups excluding carboxylic acids is 1. The third kappa shape index (κ3) is 2.26. The molecule has 11 heavy (non-hydrogen) atoms. The Bertz CT molecular complexity index is 177.